The van der Waals surface area contributed by atoms with Crippen LogP contribution in [0.3, 0.4) is 0 Å². The van der Waals surface area contributed by atoms with Crippen LogP contribution in [0.15, 0.2) is 191 Å². The molecule has 0 aliphatic heterocycles. The molecule has 13 rings (SSSR count). The number of hydrogen-bond donors (Lipinski definition) is 0. The molecule has 4 heterocycles. The van der Waals surface area contributed by atoms with Gasteiger partial charge in [0.2, 0.25) is 0 Å². The van der Waals surface area contributed by atoms with Crippen LogP contribution in [0.5, 0.6) is 0 Å². The number of rotatable bonds is 4. The van der Waals surface area contributed by atoms with Gasteiger partial charge in [-0.05, 0) is 76.1 Å². The van der Waals surface area contributed by atoms with E-state index in [-0.39, 0.29) is 0 Å². The fourth-order valence-electron chi connectivity index (χ4n) is 9.03. The van der Waals surface area contributed by atoms with Crippen molar-refractivity contribution in [2.24, 2.45) is 0 Å². The van der Waals surface area contributed by atoms with Crippen molar-refractivity contribution in [1.29, 1.82) is 0 Å². The van der Waals surface area contributed by atoms with Crippen molar-refractivity contribution in [3.63, 3.8) is 0 Å². The van der Waals surface area contributed by atoms with E-state index in [1.807, 2.05) is 36.4 Å². The molecule has 59 heavy (non-hydrogen) atoms. The highest BCUT2D eigenvalue weighted by atomic mass is 16.3. The maximum Gasteiger partial charge on any atom is 0.164 e. The second-order valence-electron chi connectivity index (χ2n) is 15.2. The number of furan rings is 2. The van der Waals surface area contributed by atoms with Crippen LogP contribution >= 0.6 is 0 Å². The van der Waals surface area contributed by atoms with Crippen molar-refractivity contribution in [1.82, 2.24) is 19.5 Å². The lowest BCUT2D eigenvalue weighted by atomic mass is 10.0. The van der Waals surface area contributed by atoms with E-state index in [1.54, 1.807) is 0 Å². The fourth-order valence-corrected chi connectivity index (χ4v) is 9.03. The summed E-state index contributed by atoms with van der Waals surface area (Å²) < 4.78 is 15.4. The Morgan fingerprint density at radius 3 is 1.73 bits per heavy atom. The molecule has 4 aromatic heterocycles. The molecule has 0 saturated carbocycles. The molecule has 0 spiro atoms. The van der Waals surface area contributed by atoms with Crippen molar-refractivity contribution >= 4 is 87.2 Å². The van der Waals surface area contributed by atoms with Crippen molar-refractivity contribution in [2.45, 2.75) is 0 Å². The Morgan fingerprint density at radius 1 is 0.339 bits per heavy atom. The van der Waals surface area contributed by atoms with E-state index in [4.69, 9.17) is 23.8 Å². The van der Waals surface area contributed by atoms with E-state index in [1.165, 1.54) is 21.5 Å². The van der Waals surface area contributed by atoms with Gasteiger partial charge in [0.05, 0.1) is 16.7 Å². The zero-order valence-electron chi connectivity index (χ0n) is 31.4. The van der Waals surface area contributed by atoms with Gasteiger partial charge in [0.25, 0.3) is 0 Å². The summed E-state index contributed by atoms with van der Waals surface area (Å²) in [5, 5.41) is 11.1. The van der Waals surface area contributed by atoms with Gasteiger partial charge in [-0.15, -0.1) is 0 Å². The molecule has 0 aliphatic carbocycles. The highest BCUT2D eigenvalue weighted by Crippen LogP contribution is 2.42. The van der Waals surface area contributed by atoms with Gasteiger partial charge in [0, 0.05) is 55.1 Å². The third kappa shape index (κ3) is 4.90. The molecule has 9 aromatic carbocycles. The predicted octanol–water partition coefficient (Wildman–Crippen LogP) is 14.1. The van der Waals surface area contributed by atoms with Crippen molar-refractivity contribution in [3.8, 4) is 39.9 Å². The molecule has 0 N–H and O–H groups in total. The van der Waals surface area contributed by atoms with E-state index in [0.717, 1.165) is 88.1 Å². The Balaban J connectivity index is 1.11. The molecule has 0 fully saturated rings. The Bertz CT molecular complexity index is 3870. The average Bonchev–Trinajstić information content (AvgIpc) is 3.96. The molecule has 0 atom stereocenters. The van der Waals surface area contributed by atoms with Crippen LogP contribution in [0.1, 0.15) is 0 Å². The monoisotopic (exact) mass is 754 g/mol. The number of aromatic nitrogens is 4. The summed E-state index contributed by atoms with van der Waals surface area (Å²) in [5.41, 5.74) is 8.93. The normalized spacial score (nSPS) is 12.1. The zero-order chi connectivity index (χ0) is 38.6. The SMILES string of the molecule is c1ccc2cc(-c3nc(-c4ccc5c(c4)oc4ccccc45)nc(-c4cc(-n5c6ccccc6c6cc7ccccc7cc65)cc5oc6ccccc6c45)n3)ccc2c1. The molecule has 6 nitrogen and oxygen atoms in total. The third-order valence-electron chi connectivity index (χ3n) is 11.8. The van der Waals surface area contributed by atoms with Gasteiger partial charge in [0.15, 0.2) is 17.5 Å². The van der Waals surface area contributed by atoms with Crippen LogP contribution in [-0.2, 0) is 0 Å². The Hall–Kier alpha value is -8.09. The second-order valence-corrected chi connectivity index (χ2v) is 15.2. The highest BCUT2D eigenvalue weighted by molar-refractivity contribution is 6.16. The number of fused-ring (bicyclic) bond motifs is 11. The fraction of sp³-hybridized carbons (Fsp3) is 0. The summed E-state index contributed by atoms with van der Waals surface area (Å²) in [4.78, 5) is 15.9. The lowest BCUT2D eigenvalue weighted by Gasteiger charge is -2.13. The summed E-state index contributed by atoms with van der Waals surface area (Å²) in [6.07, 6.45) is 0. The van der Waals surface area contributed by atoms with Crippen LogP contribution in [0.2, 0.25) is 0 Å². The van der Waals surface area contributed by atoms with E-state index in [0.29, 0.717) is 17.5 Å². The topological polar surface area (TPSA) is 69.9 Å². The van der Waals surface area contributed by atoms with Crippen LogP contribution in [0.25, 0.3) is 127 Å². The van der Waals surface area contributed by atoms with Crippen LogP contribution in [0, 0.1) is 0 Å². The number of hydrogen-bond acceptors (Lipinski definition) is 5. The summed E-state index contributed by atoms with van der Waals surface area (Å²) in [6, 6.07) is 63.4. The Morgan fingerprint density at radius 2 is 0.915 bits per heavy atom. The molecule has 0 unspecified atom stereocenters. The smallest absolute Gasteiger partial charge is 0.164 e. The van der Waals surface area contributed by atoms with Gasteiger partial charge in [-0.2, -0.15) is 0 Å². The lowest BCUT2D eigenvalue weighted by molar-refractivity contribution is 0.668. The minimum absolute atomic E-state index is 0.549. The van der Waals surface area contributed by atoms with Gasteiger partial charge < -0.3 is 13.4 Å². The maximum absolute atomic E-state index is 6.71. The minimum atomic E-state index is 0.549. The first kappa shape index (κ1) is 32.0. The first-order chi connectivity index (χ1) is 29.2. The summed E-state index contributed by atoms with van der Waals surface area (Å²) in [5.74, 6) is 1.68. The zero-order valence-corrected chi connectivity index (χ0v) is 31.4. The quantitative estimate of drug-likeness (QED) is 0.179. The number of nitrogens with zero attached hydrogens (tertiary/aromatic N) is 4. The Kier molecular flexibility index (Phi) is 6.63. The molecule has 6 heteroatoms. The van der Waals surface area contributed by atoms with E-state index >= 15 is 0 Å². The predicted molar refractivity (Wildman–Crippen MR) is 240 cm³/mol. The van der Waals surface area contributed by atoms with Crippen LogP contribution < -0.4 is 0 Å². The van der Waals surface area contributed by atoms with Gasteiger partial charge >= 0.3 is 0 Å². The lowest BCUT2D eigenvalue weighted by Crippen LogP contribution is -2.02. The number of para-hydroxylation sites is 3. The molecule has 0 bridgehead atoms. The van der Waals surface area contributed by atoms with Crippen molar-refractivity contribution in [2.75, 3.05) is 0 Å². The van der Waals surface area contributed by atoms with Gasteiger partial charge in [-0.1, -0.05) is 121 Å². The van der Waals surface area contributed by atoms with E-state index in [2.05, 4.69) is 150 Å². The molecule has 0 saturated heterocycles. The highest BCUT2D eigenvalue weighted by Gasteiger charge is 2.22. The molecule has 13 aromatic rings. The summed E-state index contributed by atoms with van der Waals surface area (Å²) >= 11 is 0. The standard InChI is InChI=1S/C53H30N4O2/c1-2-12-32-25-35(22-21-31(32)11-1)51-54-52(36-23-24-40-39-16-6-9-19-46(39)58-48(40)28-36)56-53(55-51)43-29-37(30-49-50(43)41-17-7-10-20-47(41)59-49)57-44-18-8-5-15-38(44)42-26-33-13-3-4-14-34(33)27-45(42)57/h1-30H. The first-order valence-corrected chi connectivity index (χ1v) is 19.8. The van der Waals surface area contributed by atoms with Gasteiger partial charge in [-0.3, -0.25) is 0 Å². The molecule has 0 amide bonds. The Labute approximate surface area is 336 Å². The van der Waals surface area contributed by atoms with Crippen LogP contribution in [0.4, 0.5) is 0 Å². The van der Waals surface area contributed by atoms with Crippen molar-refractivity contribution < 1.29 is 8.83 Å². The van der Waals surface area contributed by atoms with Crippen LogP contribution in [-0.4, -0.2) is 19.5 Å². The number of benzene rings is 9. The summed E-state index contributed by atoms with van der Waals surface area (Å²) in [6.45, 7) is 0. The maximum atomic E-state index is 6.71. The average molecular weight is 755 g/mol. The molecular weight excluding hydrogens is 725 g/mol. The largest absolute Gasteiger partial charge is 0.456 e. The van der Waals surface area contributed by atoms with Gasteiger partial charge in [0.1, 0.15) is 22.3 Å². The molecule has 0 aliphatic rings. The van der Waals surface area contributed by atoms with Gasteiger partial charge in [-0.25, -0.2) is 15.0 Å². The first-order valence-electron chi connectivity index (χ1n) is 19.8. The second kappa shape index (κ2) is 12.2. The molecule has 0 radical (unpaired) electrons. The molecular formula is C53H30N4O2. The minimum Gasteiger partial charge on any atom is -0.456 e. The van der Waals surface area contributed by atoms with Crippen molar-refractivity contribution in [3.05, 3.63) is 182 Å². The molecule has 274 valence electrons. The summed E-state index contributed by atoms with van der Waals surface area (Å²) in [7, 11) is 0. The van der Waals surface area contributed by atoms with E-state index < -0.39 is 0 Å². The third-order valence-corrected chi connectivity index (χ3v) is 11.8. The van der Waals surface area contributed by atoms with E-state index in [9.17, 15) is 0 Å².